The van der Waals surface area contributed by atoms with Crippen LogP contribution in [0.3, 0.4) is 0 Å². The first-order valence-electron chi connectivity index (χ1n) is 8.00. The van der Waals surface area contributed by atoms with Gasteiger partial charge in [-0.2, -0.15) is 0 Å². The van der Waals surface area contributed by atoms with Gasteiger partial charge in [-0.05, 0) is 51.3 Å². The van der Waals surface area contributed by atoms with E-state index in [1.54, 1.807) is 6.07 Å². The van der Waals surface area contributed by atoms with Crippen LogP contribution in [0.4, 0.5) is 5.69 Å². The van der Waals surface area contributed by atoms with E-state index in [0.717, 1.165) is 19.3 Å². The normalized spacial score (nSPS) is 20.4. The molecule has 0 aliphatic carbocycles. The average molecular weight is 352 g/mol. The number of benzene rings is 1. The number of piperidine rings is 1. The molecule has 0 radical (unpaired) electrons. The highest BCUT2D eigenvalue weighted by atomic mass is 35.5. The van der Waals surface area contributed by atoms with Gasteiger partial charge in [0.25, 0.3) is 5.91 Å². The Bertz CT molecular complexity index is 652. The molecule has 2 atom stereocenters. The van der Waals surface area contributed by atoms with Crippen LogP contribution in [0.1, 0.15) is 43.5 Å². The van der Waals surface area contributed by atoms with Gasteiger partial charge in [0.15, 0.2) is 0 Å². The Hall–Kier alpha value is -2.08. The topological polar surface area (TPSA) is 78.5 Å². The van der Waals surface area contributed by atoms with Crippen LogP contribution in [-0.4, -0.2) is 41.8 Å². The fourth-order valence-electron chi connectivity index (χ4n) is 3.06. The van der Waals surface area contributed by atoms with Crippen LogP contribution in [0.15, 0.2) is 18.2 Å². The molecule has 0 bridgehead atoms. The summed E-state index contributed by atoms with van der Waals surface area (Å²) in [5.41, 5.74) is 0.573. The van der Waals surface area contributed by atoms with Crippen molar-refractivity contribution in [2.24, 2.45) is 0 Å². The summed E-state index contributed by atoms with van der Waals surface area (Å²) < 4.78 is 0. The van der Waals surface area contributed by atoms with Crippen LogP contribution in [0.2, 0.25) is 5.02 Å². The lowest BCUT2D eigenvalue weighted by atomic mass is 9.96. The largest absolute Gasteiger partial charge is 0.351 e. The Balaban J connectivity index is 2.34. The number of hydrogen-bond donors (Lipinski definition) is 2. The summed E-state index contributed by atoms with van der Waals surface area (Å²) in [6, 6.07) is 4.86. The molecule has 1 aromatic carbocycles. The molecule has 3 amide bonds. The molecule has 1 aliphatic rings. The van der Waals surface area contributed by atoms with Crippen LogP contribution in [0.5, 0.6) is 0 Å². The molecule has 2 rings (SSSR count). The number of carbonyl (C=O) groups is 3. The highest BCUT2D eigenvalue weighted by Crippen LogP contribution is 2.28. The molecular weight excluding hydrogens is 330 g/mol. The number of likely N-dealkylation sites (N-methyl/N-ethyl adjacent to an activating group) is 1. The quantitative estimate of drug-likeness (QED) is 0.803. The fraction of sp³-hybridized carbons (Fsp3) is 0.471. The number of amides is 3. The van der Waals surface area contributed by atoms with Crippen LogP contribution >= 0.6 is 11.6 Å². The summed E-state index contributed by atoms with van der Waals surface area (Å²) >= 11 is 6.04. The van der Waals surface area contributed by atoms with E-state index in [0.29, 0.717) is 10.6 Å². The minimum absolute atomic E-state index is 0.114. The maximum Gasteiger partial charge on any atom is 0.313 e. The summed E-state index contributed by atoms with van der Waals surface area (Å²) in [7, 11) is 1.37. The highest BCUT2D eigenvalue weighted by molar-refractivity contribution is 6.40. The van der Waals surface area contributed by atoms with Crippen molar-refractivity contribution in [3.63, 3.8) is 0 Å². The monoisotopic (exact) mass is 351 g/mol. The Kier molecular flexibility index (Phi) is 5.83. The lowest BCUT2D eigenvalue weighted by Crippen LogP contribution is -2.47. The number of likely N-dealkylation sites (tertiary alicyclic amines) is 1. The molecule has 1 fully saturated rings. The second-order valence-electron chi connectivity index (χ2n) is 6.06. The van der Waals surface area contributed by atoms with Crippen molar-refractivity contribution in [1.82, 2.24) is 10.2 Å². The number of rotatable bonds is 2. The van der Waals surface area contributed by atoms with Gasteiger partial charge < -0.3 is 15.5 Å². The van der Waals surface area contributed by atoms with Gasteiger partial charge >= 0.3 is 11.8 Å². The number of nitrogens with zero attached hydrogens (tertiary/aromatic N) is 1. The Morgan fingerprint density at radius 3 is 2.33 bits per heavy atom. The fourth-order valence-corrected chi connectivity index (χ4v) is 3.23. The lowest BCUT2D eigenvalue weighted by Gasteiger charge is -2.39. The van der Waals surface area contributed by atoms with E-state index >= 15 is 0 Å². The summed E-state index contributed by atoms with van der Waals surface area (Å²) in [4.78, 5) is 38.1. The predicted molar refractivity (Wildman–Crippen MR) is 93.1 cm³/mol. The van der Waals surface area contributed by atoms with E-state index in [-0.39, 0.29) is 23.7 Å². The molecule has 0 unspecified atom stereocenters. The summed E-state index contributed by atoms with van der Waals surface area (Å²) in [5, 5.41) is 5.13. The first kappa shape index (κ1) is 18.3. The number of hydrogen-bond acceptors (Lipinski definition) is 3. The minimum atomic E-state index is -0.825. The summed E-state index contributed by atoms with van der Waals surface area (Å²) in [6.07, 6.45) is 2.97. The van der Waals surface area contributed by atoms with Crippen molar-refractivity contribution < 1.29 is 14.4 Å². The zero-order valence-electron chi connectivity index (χ0n) is 14.1. The van der Waals surface area contributed by atoms with E-state index in [1.807, 2.05) is 18.7 Å². The molecule has 7 heteroatoms. The summed E-state index contributed by atoms with van der Waals surface area (Å²) in [6.45, 7) is 4.03. The number of anilines is 1. The molecule has 6 nitrogen and oxygen atoms in total. The third-order valence-corrected chi connectivity index (χ3v) is 4.56. The summed E-state index contributed by atoms with van der Waals surface area (Å²) in [5.74, 6) is -1.79. The van der Waals surface area contributed by atoms with Crippen LogP contribution in [0, 0.1) is 0 Å². The second kappa shape index (κ2) is 7.66. The molecule has 130 valence electrons. The van der Waals surface area contributed by atoms with E-state index < -0.39 is 11.8 Å². The molecular formula is C17H22ClN3O3. The van der Waals surface area contributed by atoms with E-state index in [9.17, 15) is 14.4 Å². The predicted octanol–water partition coefficient (Wildman–Crippen LogP) is 2.43. The second-order valence-corrected chi connectivity index (χ2v) is 6.50. The smallest absolute Gasteiger partial charge is 0.313 e. The van der Waals surface area contributed by atoms with Crippen molar-refractivity contribution >= 4 is 35.0 Å². The van der Waals surface area contributed by atoms with Crippen molar-refractivity contribution in [3.8, 4) is 0 Å². The average Bonchev–Trinajstić information content (AvgIpc) is 2.55. The van der Waals surface area contributed by atoms with Gasteiger partial charge in [0.2, 0.25) is 0 Å². The molecule has 1 aliphatic heterocycles. The maximum absolute atomic E-state index is 13.0. The van der Waals surface area contributed by atoms with Crippen molar-refractivity contribution in [2.75, 3.05) is 12.4 Å². The van der Waals surface area contributed by atoms with E-state index in [1.165, 1.54) is 19.2 Å². The molecule has 2 N–H and O–H groups in total. The Morgan fingerprint density at radius 1 is 1.12 bits per heavy atom. The zero-order chi connectivity index (χ0) is 17.9. The van der Waals surface area contributed by atoms with Gasteiger partial charge in [-0.15, -0.1) is 0 Å². The molecule has 0 saturated carbocycles. The molecule has 24 heavy (non-hydrogen) atoms. The van der Waals surface area contributed by atoms with Crippen molar-refractivity contribution in [2.45, 2.75) is 45.2 Å². The molecule has 1 aromatic rings. The lowest BCUT2D eigenvalue weighted by molar-refractivity contribution is -0.135. The Labute approximate surface area is 146 Å². The number of carbonyl (C=O) groups excluding carboxylic acids is 3. The van der Waals surface area contributed by atoms with Gasteiger partial charge in [0.05, 0.1) is 11.3 Å². The van der Waals surface area contributed by atoms with Crippen LogP contribution in [0.25, 0.3) is 0 Å². The van der Waals surface area contributed by atoms with Crippen LogP contribution in [-0.2, 0) is 9.59 Å². The molecule has 1 saturated heterocycles. The highest BCUT2D eigenvalue weighted by Gasteiger charge is 2.31. The Morgan fingerprint density at radius 2 is 1.75 bits per heavy atom. The first-order chi connectivity index (χ1) is 11.3. The maximum atomic E-state index is 13.0. The molecule has 0 spiro atoms. The SMILES string of the molecule is CNC(=O)C(=O)Nc1ccc(Cl)cc1C(=O)N1[C@H](C)CCC[C@@H]1C. The van der Waals surface area contributed by atoms with Crippen LogP contribution < -0.4 is 10.6 Å². The van der Waals surface area contributed by atoms with Crippen molar-refractivity contribution in [3.05, 3.63) is 28.8 Å². The number of halogens is 1. The van der Waals surface area contributed by atoms with E-state index in [2.05, 4.69) is 10.6 Å². The third kappa shape index (κ3) is 3.87. The van der Waals surface area contributed by atoms with Gasteiger partial charge in [-0.25, -0.2) is 0 Å². The van der Waals surface area contributed by atoms with E-state index in [4.69, 9.17) is 11.6 Å². The molecule has 1 heterocycles. The van der Waals surface area contributed by atoms with Gasteiger partial charge in [-0.3, -0.25) is 14.4 Å². The standard InChI is InChI=1S/C17H22ClN3O3/c1-10-5-4-6-11(2)21(10)17(24)13-9-12(18)7-8-14(13)20-16(23)15(22)19-3/h7-11H,4-6H2,1-3H3,(H,19,22)(H,20,23)/t10-,11+. The van der Waals surface area contributed by atoms with Crippen molar-refractivity contribution in [1.29, 1.82) is 0 Å². The minimum Gasteiger partial charge on any atom is -0.351 e. The third-order valence-electron chi connectivity index (χ3n) is 4.32. The zero-order valence-corrected chi connectivity index (χ0v) is 14.8. The molecule has 0 aromatic heterocycles. The van der Waals surface area contributed by atoms with Gasteiger partial charge in [0.1, 0.15) is 0 Å². The van der Waals surface area contributed by atoms with Gasteiger partial charge in [-0.1, -0.05) is 11.6 Å². The number of nitrogens with one attached hydrogen (secondary N) is 2. The van der Waals surface area contributed by atoms with Gasteiger partial charge in [0, 0.05) is 24.2 Å². The first-order valence-corrected chi connectivity index (χ1v) is 8.38.